The molecule has 0 heterocycles. The Bertz CT molecular complexity index is 534. The molecular weight excluding hydrogens is 222 g/mol. The van der Waals surface area contributed by atoms with E-state index in [2.05, 4.69) is 32.0 Å². The van der Waals surface area contributed by atoms with E-state index in [0.717, 1.165) is 12.2 Å². The summed E-state index contributed by atoms with van der Waals surface area (Å²) in [6.45, 7) is 4.90. The minimum absolute atomic E-state index is 0.651. The van der Waals surface area contributed by atoms with Crippen molar-refractivity contribution in [3.05, 3.63) is 59.2 Å². The molecule has 0 unspecified atom stereocenters. The average molecular weight is 241 g/mol. The Kier molecular flexibility index (Phi) is 3.88. The monoisotopic (exact) mass is 241 g/mol. The summed E-state index contributed by atoms with van der Waals surface area (Å²) in [5.74, 6) is 0.766. The number of aryl methyl sites for hydroxylation is 2. The molecule has 0 bridgehead atoms. The van der Waals surface area contributed by atoms with E-state index in [4.69, 9.17) is 10.5 Å². The maximum Gasteiger partial charge on any atom is 0.142 e. The summed E-state index contributed by atoms with van der Waals surface area (Å²) in [7, 11) is 0. The lowest BCUT2D eigenvalue weighted by Crippen LogP contribution is -2.04. The highest BCUT2D eigenvalue weighted by Crippen LogP contribution is 2.20. The van der Waals surface area contributed by atoms with E-state index in [-0.39, 0.29) is 0 Å². The second-order valence-electron chi connectivity index (χ2n) is 4.57. The predicted molar refractivity (Wildman–Crippen MR) is 76.0 cm³/mol. The van der Waals surface area contributed by atoms with Crippen molar-refractivity contribution in [2.75, 3.05) is 12.3 Å². The van der Waals surface area contributed by atoms with Crippen molar-refractivity contribution in [3.63, 3.8) is 0 Å². The van der Waals surface area contributed by atoms with Gasteiger partial charge in [0, 0.05) is 6.42 Å². The third-order valence-corrected chi connectivity index (χ3v) is 3.05. The molecule has 0 saturated heterocycles. The zero-order valence-corrected chi connectivity index (χ0v) is 10.9. The minimum Gasteiger partial charge on any atom is -0.491 e. The van der Waals surface area contributed by atoms with E-state index in [9.17, 15) is 0 Å². The van der Waals surface area contributed by atoms with Gasteiger partial charge in [0.2, 0.25) is 0 Å². The normalized spacial score (nSPS) is 10.3. The molecule has 94 valence electrons. The number of rotatable bonds is 4. The second kappa shape index (κ2) is 5.58. The summed E-state index contributed by atoms with van der Waals surface area (Å²) >= 11 is 0. The Labute approximate surface area is 108 Å². The van der Waals surface area contributed by atoms with E-state index in [0.29, 0.717) is 12.3 Å². The lowest BCUT2D eigenvalue weighted by atomic mass is 10.0. The molecule has 0 spiro atoms. The molecular formula is C16H19NO. The van der Waals surface area contributed by atoms with Crippen molar-refractivity contribution in [1.82, 2.24) is 0 Å². The SMILES string of the molecule is Cc1ccc(CCOc2ccccc2N)c(C)c1. The zero-order chi connectivity index (χ0) is 13.0. The number of nitrogens with two attached hydrogens (primary N) is 1. The molecule has 0 fully saturated rings. The van der Waals surface area contributed by atoms with Crippen molar-refractivity contribution in [2.45, 2.75) is 20.3 Å². The maximum absolute atomic E-state index is 5.82. The Morgan fingerprint density at radius 1 is 1.06 bits per heavy atom. The molecule has 2 aromatic rings. The highest BCUT2D eigenvalue weighted by molar-refractivity contribution is 5.51. The van der Waals surface area contributed by atoms with Gasteiger partial charge in [-0.05, 0) is 37.1 Å². The van der Waals surface area contributed by atoms with Gasteiger partial charge in [-0.15, -0.1) is 0 Å². The predicted octanol–water partition coefficient (Wildman–Crippen LogP) is 3.51. The van der Waals surface area contributed by atoms with Crippen molar-refractivity contribution >= 4 is 5.69 Å². The first-order valence-corrected chi connectivity index (χ1v) is 6.20. The van der Waals surface area contributed by atoms with E-state index in [1.807, 2.05) is 24.3 Å². The first kappa shape index (κ1) is 12.5. The molecule has 0 aliphatic heterocycles. The van der Waals surface area contributed by atoms with E-state index >= 15 is 0 Å². The smallest absolute Gasteiger partial charge is 0.142 e. The Balaban J connectivity index is 1.95. The fourth-order valence-corrected chi connectivity index (χ4v) is 2.01. The fraction of sp³-hybridized carbons (Fsp3) is 0.250. The molecule has 0 saturated carbocycles. The average Bonchev–Trinajstić information content (AvgIpc) is 2.34. The Hall–Kier alpha value is -1.96. The topological polar surface area (TPSA) is 35.2 Å². The molecule has 0 aliphatic carbocycles. The van der Waals surface area contributed by atoms with Gasteiger partial charge in [0.05, 0.1) is 12.3 Å². The van der Waals surface area contributed by atoms with Gasteiger partial charge < -0.3 is 10.5 Å². The van der Waals surface area contributed by atoms with Gasteiger partial charge in [-0.2, -0.15) is 0 Å². The van der Waals surface area contributed by atoms with E-state index in [1.54, 1.807) is 0 Å². The highest BCUT2D eigenvalue weighted by atomic mass is 16.5. The van der Waals surface area contributed by atoms with Crippen LogP contribution in [0.5, 0.6) is 5.75 Å². The first-order valence-electron chi connectivity index (χ1n) is 6.20. The van der Waals surface area contributed by atoms with Crippen molar-refractivity contribution in [2.24, 2.45) is 0 Å². The molecule has 0 aromatic heterocycles. The van der Waals surface area contributed by atoms with Crippen LogP contribution in [-0.4, -0.2) is 6.61 Å². The molecule has 2 aromatic carbocycles. The lowest BCUT2D eigenvalue weighted by Gasteiger charge is -2.10. The van der Waals surface area contributed by atoms with Crippen molar-refractivity contribution in [3.8, 4) is 5.75 Å². The third-order valence-electron chi connectivity index (χ3n) is 3.05. The minimum atomic E-state index is 0.651. The summed E-state index contributed by atoms with van der Waals surface area (Å²) < 4.78 is 5.70. The molecule has 0 aliphatic rings. The van der Waals surface area contributed by atoms with Crippen LogP contribution in [0.2, 0.25) is 0 Å². The van der Waals surface area contributed by atoms with Crippen LogP contribution in [0.1, 0.15) is 16.7 Å². The van der Waals surface area contributed by atoms with Gasteiger partial charge in [-0.25, -0.2) is 0 Å². The van der Waals surface area contributed by atoms with E-state index in [1.165, 1.54) is 16.7 Å². The number of hydrogen-bond donors (Lipinski definition) is 1. The third kappa shape index (κ3) is 3.04. The van der Waals surface area contributed by atoms with Crippen LogP contribution in [-0.2, 0) is 6.42 Å². The molecule has 2 rings (SSSR count). The molecule has 0 amide bonds. The first-order chi connectivity index (χ1) is 8.66. The lowest BCUT2D eigenvalue weighted by molar-refractivity contribution is 0.323. The number of benzene rings is 2. The number of para-hydroxylation sites is 2. The van der Waals surface area contributed by atoms with Gasteiger partial charge in [0.25, 0.3) is 0 Å². The molecule has 2 N–H and O–H groups in total. The number of anilines is 1. The number of hydrogen-bond acceptors (Lipinski definition) is 2. The Morgan fingerprint density at radius 3 is 2.56 bits per heavy atom. The fourth-order valence-electron chi connectivity index (χ4n) is 2.01. The standard InChI is InChI=1S/C16H19NO/c1-12-7-8-14(13(2)11-12)9-10-18-16-6-4-3-5-15(16)17/h3-8,11H,9-10,17H2,1-2H3. The molecule has 2 heteroatoms. The van der Waals surface area contributed by atoms with E-state index < -0.39 is 0 Å². The Morgan fingerprint density at radius 2 is 1.83 bits per heavy atom. The number of ether oxygens (including phenoxy) is 1. The molecule has 0 radical (unpaired) electrons. The van der Waals surface area contributed by atoms with Crippen molar-refractivity contribution in [1.29, 1.82) is 0 Å². The van der Waals surface area contributed by atoms with Crippen LogP contribution < -0.4 is 10.5 Å². The largest absolute Gasteiger partial charge is 0.491 e. The quantitative estimate of drug-likeness (QED) is 0.831. The zero-order valence-electron chi connectivity index (χ0n) is 10.9. The molecule has 0 atom stereocenters. The summed E-state index contributed by atoms with van der Waals surface area (Å²) in [5.41, 5.74) is 10.5. The number of nitrogen functional groups attached to an aromatic ring is 1. The van der Waals surface area contributed by atoms with Crippen LogP contribution in [0.3, 0.4) is 0 Å². The van der Waals surface area contributed by atoms with Crippen LogP contribution in [0, 0.1) is 13.8 Å². The van der Waals surface area contributed by atoms with Gasteiger partial charge in [-0.3, -0.25) is 0 Å². The molecule has 2 nitrogen and oxygen atoms in total. The van der Waals surface area contributed by atoms with Gasteiger partial charge >= 0.3 is 0 Å². The van der Waals surface area contributed by atoms with Crippen LogP contribution in [0.4, 0.5) is 5.69 Å². The summed E-state index contributed by atoms with van der Waals surface area (Å²) in [6, 6.07) is 14.1. The summed E-state index contributed by atoms with van der Waals surface area (Å²) in [4.78, 5) is 0. The summed E-state index contributed by atoms with van der Waals surface area (Å²) in [6.07, 6.45) is 0.903. The van der Waals surface area contributed by atoms with Gasteiger partial charge in [0.1, 0.15) is 5.75 Å². The highest BCUT2D eigenvalue weighted by Gasteiger charge is 2.01. The summed E-state index contributed by atoms with van der Waals surface area (Å²) in [5, 5.41) is 0. The van der Waals surface area contributed by atoms with Crippen molar-refractivity contribution < 1.29 is 4.74 Å². The maximum atomic E-state index is 5.82. The van der Waals surface area contributed by atoms with Crippen LogP contribution >= 0.6 is 0 Å². The second-order valence-corrected chi connectivity index (χ2v) is 4.57. The van der Waals surface area contributed by atoms with Gasteiger partial charge in [-0.1, -0.05) is 35.9 Å². The molecule has 18 heavy (non-hydrogen) atoms. The van der Waals surface area contributed by atoms with Crippen LogP contribution in [0.15, 0.2) is 42.5 Å². The van der Waals surface area contributed by atoms with Gasteiger partial charge in [0.15, 0.2) is 0 Å². The van der Waals surface area contributed by atoms with Crippen LogP contribution in [0.25, 0.3) is 0 Å².